The minimum Gasteiger partial charge on any atom is -0.465 e. The Hall–Kier alpha value is -4.55. The van der Waals surface area contributed by atoms with Crippen LogP contribution in [0.15, 0.2) is 114 Å². The number of carbonyl (C=O) groups excluding carboxylic acids is 1. The molecule has 0 aromatic heterocycles. The Balaban J connectivity index is 1.76. The van der Waals surface area contributed by atoms with Crippen LogP contribution in [0.3, 0.4) is 0 Å². The zero-order valence-corrected chi connectivity index (χ0v) is 23.6. The molecule has 1 aliphatic heterocycles. The van der Waals surface area contributed by atoms with Gasteiger partial charge < -0.3 is 10.2 Å². The van der Waals surface area contributed by atoms with Crippen LogP contribution in [0.2, 0.25) is 0 Å². The third-order valence-corrected chi connectivity index (χ3v) is 10.5. The van der Waals surface area contributed by atoms with E-state index in [0.717, 1.165) is 60.7 Å². The van der Waals surface area contributed by atoms with E-state index in [0.29, 0.717) is 10.5 Å². The Labute approximate surface area is 249 Å². The van der Waals surface area contributed by atoms with Crippen molar-refractivity contribution < 1.29 is 45.8 Å². The molecular weight excluding hydrogens is 602 g/mol. The van der Waals surface area contributed by atoms with Crippen molar-refractivity contribution in [3.63, 3.8) is 0 Å². The molecule has 1 aliphatic rings. The molecule has 1 saturated heterocycles. The number of likely N-dealkylation sites (tertiary alicyclic amines) is 1. The summed E-state index contributed by atoms with van der Waals surface area (Å²) in [5.74, 6) is -3.33. The third kappa shape index (κ3) is 4.83. The normalized spacial score (nSPS) is 20.3. The number of alkyl halides is 3. The molecule has 5 rings (SSSR count). The molecule has 1 heterocycles. The lowest BCUT2D eigenvalue weighted by Crippen LogP contribution is -2.49. The number of halogens is 4. The standard InChI is InChI=1S/C32H25F4NO6S/c33-26-15-17-27(18-16-26)44(42,43)30(25(19-21-7-3-1-4-8-21)20-37(28(30)38)29(39)40)22-11-13-24(14-12-22)31(41,32(34,35)36)23-9-5-2-6-10-23/h1-18,25,41H,19-20H2,(H,39,40)/t25?,30-,31?/m0/s1. The topological polar surface area (TPSA) is 112 Å². The van der Waals surface area contributed by atoms with Crippen molar-refractivity contribution >= 4 is 21.8 Å². The van der Waals surface area contributed by atoms with Gasteiger partial charge in [-0.05, 0) is 52.9 Å². The summed E-state index contributed by atoms with van der Waals surface area (Å²) < 4.78 is 83.4. The second-order valence-corrected chi connectivity index (χ2v) is 12.6. The molecule has 0 saturated carbocycles. The number of carbonyl (C=O) groups is 2. The average molecular weight is 628 g/mol. The Kier molecular flexibility index (Phi) is 7.85. The van der Waals surface area contributed by atoms with Crippen molar-refractivity contribution in [1.82, 2.24) is 4.90 Å². The number of benzene rings is 4. The van der Waals surface area contributed by atoms with Gasteiger partial charge in [0.05, 0.1) is 4.90 Å². The highest BCUT2D eigenvalue weighted by molar-refractivity contribution is 7.93. The lowest BCUT2D eigenvalue weighted by molar-refractivity contribution is -0.248. The first-order chi connectivity index (χ1) is 20.7. The summed E-state index contributed by atoms with van der Waals surface area (Å²) in [6, 6.07) is 22.0. The van der Waals surface area contributed by atoms with Crippen molar-refractivity contribution in [3.05, 3.63) is 137 Å². The molecule has 0 aliphatic carbocycles. The van der Waals surface area contributed by atoms with E-state index in [1.807, 2.05) is 0 Å². The van der Waals surface area contributed by atoms with Gasteiger partial charge in [0.2, 0.25) is 5.60 Å². The van der Waals surface area contributed by atoms with Crippen molar-refractivity contribution in [1.29, 1.82) is 0 Å². The molecule has 4 aromatic rings. The molecule has 1 fully saturated rings. The van der Waals surface area contributed by atoms with Gasteiger partial charge in [0, 0.05) is 12.5 Å². The van der Waals surface area contributed by atoms with Crippen LogP contribution >= 0.6 is 0 Å². The Morgan fingerprint density at radius 2 is 1.36 bits per heavy atom. The maximum absolute atomic E-state index is 14.5. The van der Waals surface area contributed by atoms with Crippen LogP contribution in [0, 0.1) is 11.7 Å². The van der Waals surface area contributed by atoms with Gasteiger partial charge in [-0.1, -0.05) is 84.9 Å². The minimum atomic E-state index is -5.20. The second kappa shape index (κ2) is 11.2. The van der Waals surface area contributed by atoms with Crippen LogP contribution in [0.4, 0.5) is 22.4 Å². The van der Waals surface area contributed by atoms with Crippen LogP contribution in [-0.2, 0) is 31.4 Å². The molecule has 44 heavy (non-hydrogen) atoms. The summed E-state index contributed by atoms with van der Waals surface area (Å²) in [4.78, 5) is 26.2. The molecule has 2 N–H and O–H groups in total. The SMILES string of the molecule is O=C(O)N1CC(Cc2ccccc2)[C@](c2ccc(C(O)(c3ccccc3)C(F)(F)F)cc2)(S(=O)(=O)c2ccc(F)cc2)C1=O. The van der Waals surface area contributed by atoms with E-state index in [1.165, 1.54) is 18.2 Å². The van der Waals surface area contributed by atoms with E-state index < -0.39 is 72.7 Å². The first kappa shape index (κ1) is 30.9. The Bertz CT molecular complexity index is 1780. The molecule has 2 amide bonds. The van der Waals surface area contributed by atoms with E-state index in [2.05, 4.69) is 0 Å². The smallest absolute Gasteiger partial charge is 0.425 e. The fourth-order valence-electron chi connectivity index (χ4n) is 5.86. The van der Waals surface area contributed by atoms with Crippen LogP contribution in [0.5, 0.6) is 0 Å². The lowest BCUT2D eigenvalue weighted by Gasteiger charge is -2.35. The highest BCUT2D eigenvalue weighted by atomic mass is 32.2. The highest BCUT2D eigenvalue weighted by Gasteiger charge is 2.65. The van der Waals surface area contributed by atoms with E-state index in [4.69, 9.17) is 0 Å². The molecular formula is C32H25F4NO6S. The van der Waals surface area contributed by atoms with Gasteiger partial charge in [0.1, 0.15) is 5.82 Å². The Morgan fingerprint density at radius 1 is 0.841 bits per heavy atom. The Morgan fingerprint density at radius 3 is 1.89 bits per heavy atom. The van der Waals surface area contributed by atoms with E-state index in [1.54, 1.807) is 30.3 Å². The quantitative estimate of drug-likeness (QED) is 0.202. The van der Waals surface area contributed by atoms with E-state index in [-0.39, 0.29) is 12.0 Å². The molecule has 12 heteroatoms. The molecule has 7 nitrogen and oxygen atoms in total. The summed E-state index contributed by atoms with van der Waals surface area (Å²) in [5, 5.41) is 20.9. The summed E-state index contributed by atoms with van der Waals surface area (Å²) in [6.45, 7) is -0.540. The summed E-state index contributed by atoms with van der Waals surface area (Å²) in [7, 11) is -4.89. The fraction of sp³-hybridized carbons (Fsp3) is 0.188. The van der Waals surface area contributed by atoms with Gasteiger partial charge in [-0.2, -0.15) is 13.2 Å². The number of nitrogens with zero attached hydrogens (tertiary/aromatic N) is 1. The number of hydrogen-bond acceptors (Lipinski definition) is 5. The van der Waals surface area contributed by atoms with Gasteiger partial charge >= 0.3 is 12.3 Å². The van der Waals surface area contributed by atoms with Gasteiger partial charge in [0.25, 0.3) is 5.91 Å². The van der Waals surface area contributed by atoms with E-state index in [9.17, 15) is 45.8 Å². The number of sulfone groups is 1. The number of carboxylic acid groups (broad SMARTS) is 1. The number of aliphatic hydroxyl groups is 1. The molecule has 3 atom stereocenters. The van der Waals surface area contributed by atoms with Gasteiger partial charge in [0.15, 0.2) is 14.6 Å². The molecule has 0 bridgehead atoms. The first-order valence-corrected chi connectivity index (χ1v) is 14.8. The predicted molar refractivity (Wildman–Crippen MR) is 151 cm³/mol. The molecule has 0 radical (unpaired) electrons. The van der Waals surface area contributed by atoms with Gasteiger partial charge in [-0.25, -0.2) is 22.5 Å². The average Bonchev–Trinajstić information content (AvgIpc) is 3.30. The molecule has 228 valence electrons. The monoisotopic (exact) mass is 627 g/mol. The molecule has 2 unspecified atom stereocenters. The van der Waals surface area contributed by atoms with Crippen molar-refractivity contribution in [2.45, 2.75) is 27.8 Å². The van der Waals surface area contributed by atoms with Crippen LogP contribution in [-0.4, -0.2) is 48.3 Å². The number of imide groups is 1. The van der Waals surface area contributed by atoms with Gasteiger partial charge in [-0.15, -0.1) is 0 Å². The third-order valence-electron chi connectivity index (χ3n) is 7.98. The summed E-state index contributed by atoms with van der Waals surface area (Å²) in [5.41, 5.74) is -4.38. The summed E-state index contributed by atoms with van der Waals surface area (Å²) >= 11 is 0. The first-order valence-electron chi connectivity index (χ1n) is 13.3. The number of hydrogen-bond donors (Lipinski definition) is 2. The van der Waals surface area contributed by atoms with Crippen LogP contribution in [0.1, 0.15) is 22.3 Å². The fourth-order valence-corrected chi connectivity index (χ4v) is 8.11. The second-order valence-electron chi connectivity index (χ2n) is 10.4. The number of amides is 2. The van der Waals surface area contributed by atoms with Gasteiger partial charge in [-0.3, -0.25) is 4.79 Å². The predicted octanol–water partition coefficient (Wildman–Crippen LogP) is 5.67. The molecule has 0 spiro atoms. The lowest BCUT2D eigenvalue weighted by atomic mass is 9.81. The summed E-state index contributed by atoms with van der Waals surface area (Å²) in [6.07, 6.45) is -7.02. The number of rotatable bonds is 7. The largest absolute Gasteiger partial charge is 0.465 e. The van der Waals surface area contributed by atoms with Crippen LogP contribution < -0.4 is 0 Å². The van der Waals surface area contributed by atoms with E-state index >= 15 is 0 Å². The van der Waals surface area contributed by atoms with Crippen molar-refractivity contribution in [2.75, 3.05) is 6.54 Å². The maximum atomic E-state index is 14.5. The molecule has 4 aromatic carbocycles. The minimum absolute atomic E-state index is 0.102. The maximum Gasteiger partial charge on any atom is 0.425 e. The zero-order valence-electron chi connectivity index (χ0n) is 22.8. The van der Waals surface area contributed by atoms with Crippen molar-refractivity contribution in [2.24, 2.45) is 5.92 Å². The van der Waals surface area contributed by atoms with Crippen LogP contribution in [0.25, 0.3) is 0 Å². The highest BCUT2D eigenvalue weighted by Crippen LogP contribution is 2.50. The zero-order chi connectivity index (χ0) is 31.9. The van der Waals surface area contributed by atoms with Crippen molar-refractivity contribution in [3.8, 4) is 0 Å².